The van der Waals surface area contributed by atoms with Gasteiger partial charge in [0, 0.05) is 34.1 Å². The highest BCUT2D eigenvalue weighted by Crippen LogP contribution is 2.24. The normalized spacial score (nSPS) is 11.0. The van der Waals surface area contributed by atoms with Crippen molar-refractivity contribution in [2.75, 3.05) is 5.32 Å². The zero-order chi connectivity index (χ0) is 20.9. The number of hydrogen-bond donors (Lipinski definition) is 1. The molecule has 148 valence electrons. The van der Waals surface area contributed by atoms with E-state index in [0.29, 0.717) is 27.7 Å². The quantitative estimate of drug-likeness (QED) is 0.451. The molecule has 0 saturated heterocycles. The summed E-state index contributed by atoms with van der Waals surface area (Å²) in [7, 11) is 0. The zero-order valence-electron chi connectivity index (χ0n) is 16.2. The highest BCUT2D eigenvalue weighted by atomic mass is 35.5. The standard InChI is InChI=1S/C23H18ClN5O/c1-16-7-10-19(11-8-16)29-22(26-27-28-29)13-14-25-21-12-9-18(24)15-20(21)23(30)17-5-3-2-4-6-17/h2-15,25H,1H3/b14-13-. The summed E-state index contributed by atoms with van der Waals surface area (Å²) in [4.78, 5) is 12.9. The van der Waals surface area contributed by atoms with Crippen LogP contribution >= 0.6 is 11.6 Å². The van der Waals surface area contributed by atoms with Gasteiger partial charge in [0.2, 0.25) is 0 Å². The van der Waals surface area contributed by atoms with Crippen LogP contribution in [0.5, 0.6) is 0 Å². The maximum Gasteiger partial charge on any atom is 0.195 e. The van der Waals surface area contributed by atoms with Crippen LogP contribution in [0, 0.1) is 6.92 Å². The molecule has 3 aromatic carbocycles. The van der Waals surface area contributed by atoms with Gasteiger partial charge in [-0.25, -0.2) is 0 Å². The minimum absolute atomic E-state index is 0.113. The largest absolute Gasteiger partial charge is 0.361 e. The Balaban J connectivity index is 1.58. The van der Waals surface area contributed by atoms with E-state index in [1.165, 1.54) is 0 Å². The number of halogens is 1. The number of carbonyl (C=O) groups excluding carboxylic acids is 1. The number of benzene rings is 3. The second kappa shape index (κ2) is 8.71. The SMILES string of the molecule is Cc1ccc(-n2nnnc2/C=C\Nc2ccc(Cl)cc2C(=O)c2ccccc2)cc1. The van der Waals surface area contributed by atoms with E-state index in [9.17, 15) is 4.79 Å². The topological polar surface area (TPSA) is 72.7 Å². The van der Waals surface area contributed by atoms with Crippen molar-refractivity contribution < 1.29 is 4.79 Å². The molecule has 0 saturated carbocycles. The molecular formula is C23H18ClN5O. The molecule has 0 amide bonds. The Morgan fingerprint density at radius 1 is 1.03 bits per heavy atom. The van der Waals surface area contributed by atoms with Crippen molar-refractivity contribution in [3.63, 3.8) is 0 Å². The first kappa shape index (κ1) is 19.5. The second-order valence-electron chi connectivity index (χ2n) is 6.65. The fourth-order valence-electron chi connectivity index (χ4n) is 2.95. The number of nitrogens with zero attached hydrogens (tertiary/aromatic N) is 4. The van der Waals surface area contributed by atoms with E-state index in [0.717, 1.165) is 11.3 Å². The Hall–Kier alpha value is -3.77. The van der Waals surface area contributed by atoms with E-state index >= 15 is 0 Å². The molecular weight excluding hydrogens is 398 g/mol. The summed E-state index contributed by atoms with van der Waals surface area (Å²) in [5.74, 6) is 0.440. The third kappa shape index (κ3) is 4.29. The fourth-order valence-corrected chi connectivity index (χ4v) is 3.12. The van der Waals surface area contributed by atoms with Crippen LogP contribution in [-0.2, 0) is 0 Å². The Morgan fingerprint density at radius 3 is 2.57 bits per heavy atom. The number of aryl methyl sites for hydroxylation is 1. The number of rotatable bonds is 6. The molecule has 0 aliphatic heterocycles. The Kier molecular flexibility index (Phi) is 5.68. The van der Waals surface area contributed by atoms with Gasteiger partial charge in [-0.15, -0.1) is 5.10 Å². The van der Waals surface area contributed by atoms with Crippen LogP contribution in [0.25, 0.3) is 11.8 Å². The fraction of sp³-hybridized carbons (Fsp3) is 0.0435. The van der Waals surface area contributed by atoms with Gasteiger partial charge in [0.25, 0.3) is 0 Å². The summed E-state index contributed by atoms with van der Waals surface area (Å²) in [6.45, 7) is 2.02. The maximum absolute atomic E-state index is 12.9. The van der Waals surface area contributed by atoms with Crippen LogP contribution in [0.1, 0.15) is 27.3 Å². The average molecular weight is 416 g/mol. The molecule has 4 rings (SSSR count). The lowest BCUT2D eigenvalue weighted by molar-refractivity contribution is 0.103. The number of nitrogens with one attached hydrogen (secondary N) is 1. The molecule has 6 nitrogen and oxygen atoms in total. The van der Waals surface area contributed by atoms with Gasteiger partial charge in [-0.3, -0.25) is 4.79 Å². The third-order valence-corrected chi connectivity index (χ3v) is 4.74. The number of aromatic nitrogens is 4. The van der Waals surface area contributed by atoms with E-state index in [2.05, 4.69) is 20.8 Å². The van der Waals surface area contributed by atoms with Crippen LogP contribution in [0.2, 0.25) is 5.02 Å². The van der Waals surface area contributed by atoms with Crippen molar-refractivity contribution in [2.24, 2.45) is 0 Å². The highest BCUT2D eigenvalue weighted by molar-refractivity contribution is 6.31. The van der Waals surface area contributed by atoms with Crippen LogP contribution in [0.15, 0.2) is 79.0 Å². The molecule has 0 aliphatic rings. The van der Waals surface area contributed by atoms with Gasteiger partial charge in [-0.2, -0.15) is 4.68 Å². The molecule has 0 aliphatic carbocycles. The third-order valence-electron chi connectivity index (χ3n) is 4.51. The van der Waals surface area contributed by atoms with E-state index in [1.807, 2.05) is 49.4 Å². The smallest absolute Gasteiger partial charge is 0.195 e. The Morgan fingerprint density at radius 2 is 1.80 bits per heavy atom. The van der Waals surface area contributed by atoms with Gasteiger partial charge in [-0.05, 0) is 47.7 Å². The van der Waals surface area contributed by atoms with Crippen molar-refractivity contribution in [1.82, 2.24) is 20.2 Å². The molecule has 1 N–H and O–H groups in total. The number of tetrazole rings is 1. The van der Waals surface area contributed by atoms with Gasteiger partial charge >= 0.3 is 0 Å². The highest BCUT2D eigenvalue weighted by Gasteiger charge is 2.14. The summed E-state index contributed by atoms with van der Waals surface area (Å²) in [6.07, 6.45) is 3.44. The minimum Gasteiger partial charge on any atom is -0.361 e. The molecule has 4 aromatic rings. The van der Waals surface area contributed by atoms with Crippen molar-refractivity contribution in [1.29, 1.82) is 0 Å². The molecule has 0 fully saturated rings. The van der Waals surface area contributed by atoms with Crippen LogP contribution < -0.4 is 5.32 Å². The lowest BCUT2D eigenvalue weighted by Crippen LogP contribution is -2.05. The van der Waals surface area contributed by atoms with Crippen LogP contribution in [0.3, 0.4) is 0 Å². The van der Waals surface area contributed by atoms with Crippen LogP contribution in [0.4, 0.5) is 5.69 Å². The first-order chi connectivity index (χ1) is 14.6. The van der Waals surface area contributed by atoms with E-state index in [1.54, 1.807) is 47.3 Å². The molecule has 1 heterocycles. The predicted molar refractivity (Wildman–Crippen MR) is 118 cm³/mol. The van der Waals surface area contributed by atoms with E-state index < -0.39 is 0 Å². The number of carbonyl (C=O) groups is 1. The van der Waals surface area contributed by atoms with Crippen molar-refractivity contribution in [2.45, 2.75) is 6.92 Å². The molecule has 0 unspecified atom stereocenters. The molecule has 0 spiro atoms. The monoisotopic (exact) mass is 415 g/mol. The van der Waals surface area contributed by atoms with Crippen molar-refractivity contribution in [3.05, 3.63) is 107 Å². The lowest BCUT2D eigenvalue weighted by atomic mass is 10.0. The predicted octanol–water partition coefficient (Wildman–Crippen LogP) is 4.94. The van der Waals surface area contributed by atoms with Gasteiger partial charge in [0.1, 0.15) is 0 Å². The minimum atomic E-state index is -0.113. The summed E-state index contributed by atoms with van der Waals surface area (Å²) >= 11 is 6.14. The number of hydrogen-bond acceptors (Lipinski definition) is 5. The van der Waals surface area contributed by atoms with Gasteiger partial charge in [-0.1, -0.05) is 59.6 Å². The van der Waals surface area contributed by atoms with Gasteiger partial charge in [0.05, 0.1) is 5.69 Å². The summed E-state index contributed by atoms with van der Waals surface area (Å²) in [5, 5.41) is 15.5. The summed E-state index contributed by atoms with van der Waals surface area (Å²) in [6, 6.07) is 22.1. The molecule has 1 aromatic heterocycles. The molecule has 0 bridgehead atoms. The van der Waals surface area contributed by atoms with E-state index in [4.69, 9.17) is 11.6 Å². The van der Waals surface area contributed by atoms with Crippen molar-refractivity contribution in [3.8, 4) is 5.69 Å². The zero-order valence-corrected chi connectivity index (χ0v) is 16.9. The molecule has 0 radical (unpaired) electrons. The maximum atomic E-state index is 12.9. The number of anilines is 1. The first-order valence-electron chi connectivity index (χ1n) is 9.29. The van der Waals surface area contributed by atoms with Crippen LogP contribution in [-0.4, -0.2) is 26.0 Å². The van der Waals surface area contributed by atoms with Gasteiger partial charge < -0.3 is 5.32 Å². The first-order valence-corrected chi connectivity index (χ1v) is 9.67. The van der Waals surface area contributed by atoms with Gasteiger partial charge in [0.15, 0.2) is 11.6 Å². The summed E-state index contributed by atoms with van der Waals surface area (Å²) < 4.78 is 1.63. The lowest BCUT2D eigenvalue weighted by Gasteiger charge is -2.09. The van der Waals surface area contributed by atoms with E-state index in [-0.39, 0.29) is 5.78 Å². The molecule has 30 heavy (non-hydrogen) atoms. The second-order valence-corrected chi connectivity index (χ2v) is 7.08. The summed E-state index contributed by atoms with van der Waals surface area (Å²) in [5.41, 5.74) is 3.73. The average Bonchev–Trinajstić information content (AvgIpc) is 3.24. The molecule has 7 heteroatoms. The Labute approximate surface area is 178 Å². The number of ketones is 1. The molecule has 0 atom stereocenters. The Bertz CT molecular complexity index is 1200. The van der Waals surface area contributed by atoms with Crippen molar-refractivity contribution >= 4 is 29.1 Å².